The van der Waals surface area contributed by atoms with Crippen molar-refractivity contribution in [3.63, 3.8) is 0 Å². The van der Waals surface area contributed by atoms with Crippen LogP contribution < -0.4 is 5.32 Å². The first-order valence-electron chi connectivity index (χ1n) is 8.09. The van der Waals surface area contributed by atoms with Gasteiger partial charge < -0.3 is 14.8 Å². The molecule has 0 spiro atoms. The van der Waals surface area contributed by atoms with Gasteiger partial charge in [-0.1, -0.05) is 60.2 Å². The van der Waals surface area contributed by atoms with Crippen LogP contribution in [0.25, 0.3) is 6.08 Å². The van der Waals surface area contributed by atoms with Gasteiger partial charge in [0.25, 0.3) is 0 Å². The minimum Gasteiger partial charge on any atom is -0.465 e. The lowest BCUT2D eigenvalue weighted by atomic mass is 10.1. The van der Waals surface area contributed by atoms with Gasteiger partial charge in [0.15, 0.2) is 0 Å². The summed E-state index contributed by atoms with van der Waals surface area (Å²) in [6, 6.07) is 14.6. The summed E-state index contributed by atoms with van der Waals surface area (Å²) in [7, 11) is 1.31. The van der Waals surface area contributed by atoms with Gasteiger partial charge in [0.2, 0.25) is 0 Å². The monoisotopic (exact) mass is 373 g/mol. The molecule has 0 saturated heterocycles. The minimum atomic E-state index is -0.469. The largest absolute Gasteiger partial charge is 0.465 e. The SMILES string of the molecule is COC(=O)c1ccc(C=CCCNC(=O)OCc2ccccc2)cc1Cl. The first kappa shape index (κ1) is 19.5. The van der Waals surface area contributed by atoms with Gasteiger partial charge in [-0.05, 0) is 29.7 Å². The van der Waals surface area contributed by atoms with Gasteiger partial charge in [-0.15, -0.1) is 0 Å². The van der Waals surface area contributed by atoms with E-state index in [2.05, 4.69) is 10.1 Å². The van der Waals surface area contributed by atoms with Gasteiger partial charge in [-0.3, -0.25) is 0 Å². The van der Waals surface area contributed by atoms with Crippen molar-refractivity contribution < 1.29 is 19.1 Å². The molecule has 0 saturated carbocycles. The van der Waals surface area contributed by atoms with Crippen molar-refractivity contribution in [3.8, 4) is 0 Å². The Labute approximate surface area is 157 Å². The topological polar surface area (TPSA) is 64.6 Å². The number of esters is 1. The Morgan fingerprint density at radius 2 is 1.92 bits per heavy atom. The number of nitrogens with one attached hydrogen (secondary N) is 1. The van der Waals surface area contributed by atoms with E-state index < -0.39 is 12.1 Å². The molecule has 1 amide bonds. The lowest BCUT2D eigenvalue weighted by Gasteiger charge is -2.06. The van der Waals surface area contributed by atoms with Crippen molar-refractivity contribution in [2.75, 3.05) is 13.7 Å². The van der Waals surface area contributed by atoms with Crippen molar-refractivity contribution in [2.45, 2.75) is 13.0 Å². The zero-order chi connectivity index (χ0) is 18.8. The fourth-order valence-electron chi connectivity index (χ4n) is 2.16. The van der Waals surface area contributed by atoms with Gasteiger partial charge in [0.1, 0.15) is 6.61 Å². The molecule has 0 atom stereocenters. The summed E-state index contributed by atoms with van der Waals surface area (Å²) in [6.07, 6.45) is 3.95. The molecule has 26 heavy (non-hydrogen) atoms. The molecule has 0 aromatic heterocycles. The molecule has 5 nitrogen and oxygen atoms in total. The van der Waals surface area contributed by atoms with Crippen LogP contribution in [0.2, 0.25) is 5.02 Å². The third-order valence-electron chi connectivity index (χ3n) is 3.50. The molecular formula is C20H20ClNO4. The van der Waals surface area contributed by atoms with Crippen LogP contribution in [0.4, 0.5) is 4.79 Å². The summed E-state index contributed by atoms with van der Waals surface area (Å²) < 4.78 is 9.77. The second kappa shape index (κ2) is 10.3. The van der Waals surface area contributed by atoms with E-state index in [1.807, 2.05) is 42.5 Å². The fourth-order valence-corrected chi connectivity index (χ4v) is 2.43. The zero-order valence-corrected chi connectivity index (χ0v) is 15.2. The number of benzene rings is 2. The van der Waals surface area contributed by atoms with Crippen molar-refractivity contribution in [1.82, 2.24) is 5.32 Å². The maximum absolute atomic E-state index is 11.6. The number of methoxy groups -OCH3 is 1. The normalized spacial score (nSPS) is 10.5. The maximum Gasteiger partial charge on any atom is 0.407 e. The standard InChI is InChI=1S/C20H20ClNO4/c1-25-19(23)17-11-10-15(13-18(17)21)7-5-6-12-22-20(24)26-14-16-8-3-2-4-9-16/h2-5,7-11,13H,6,12,14H2,1H3,(H,22,24). The summed E-state index contributed by atoms with van der Waals surface area (Å²) in [4.78, 5) is 23.1. The van der Waals surface area contributed by atoms with Crippen molar-refractivity contribution in [2.24, 2.45) is 0 Å². The number of ether oxygens (including phenoxy) is 2. The van der Waals surface area contributed by atoms with E-state index in [0.717, 1.165) is 11.1 Å². The second-order valence-corrected chi connectivity index (χ2v) is 5.82. The van der Waals surface area contributed by atoms with Crippen molar-refractivity contribution >= 4 is 29.7 Å². The van der Waals surface area contributed by atoms with Crippen LogP contribution in [0.5, 0.6) is 0 Å². The molecule has 0 unspecified atom stereocenters. The van der Waals surface area contributed by atoms with Gasteiger partial charge in [0, 0.05) is 6.54 Å². The van der Waals surface area contributed by atoms with E-state index >= 15 is 0 Å². The third-order valence-corrected chi connectivity index (χ3v) is 3.81. The summed E-state index contributed by atoms with van der Waals surface area (Å²) in [5.41, 5.74) is 2.12. The molecule has 136 valence electrons. The molecule has 2 rings (SSSR count). The number of halogens is 1. The quantitative estimate of drug-likeness (QED) is 0.575. The molecule has 0 bridgehead atoms. The number of carbonyl (C=O) groups excluding carboxylic acids is 2. The second-order valence-electron chi connectivity index (χ2n) is 5.41. The molecule has 6 heteroatoms. The third kappa shape index (κ3) is 6.26. The van der Waals surface area contributed by atoms with Crippen LogP contribution >= 0.6 is 11.6 Å². The predicted molar refractivity (Wildman–Crippen MR) is 101 cm³/mol. The van der Waals surface area contributed by atoms with E-state index in [-0.39, 0.29) is 6.61 Å². The van der Waals surface area contributed by atoms with Crippen LogP contribution in [0.1, 0.15) is 27.9 Å². The first-order valence-corrected chi connectivity index (χ1v) is 8.47. The Balaban J connectivity index is 1.71. The van der Waals surface area contributed by atoms with E-state index in [1.165, 1.54) is 7.11 Å². The Bertz CT molecular complexity index is 775. The Morgan fingerprint density at radius 3 is 2.62 bits per heavy atom. The Kier molecular flexibility index (Phi) is 7.71. The van der Waals surface area contributed by atoms with E-state index in [9.17, 15) is 9.59 Å². The molecule has 1 N–H and O–H groups in total. The molecule has 0 fully saturated rings. The van der Waals surface area contributed by atoms with Gasteiger partial charge in [-0.2, -0.15) is 0 Å². The average Bonchev–Trinajstić information content (AvgIpc) is 2.66. The smallest absolute Gasteiger partial charge is 0.407 e. The molecule has 0 aliphatic heterocycles. The molecule has 0 aliphatic rings. The molecule has 2 aromatic carbocycles. The number of rotatable bonds is 7. The Hall–Kier alpha value is -2.79. The lowest BCUT2D eigenvalue weighted by Crippen LogP contribution is -2.24. The summed E-state index contributed by atoms with van der Waals surface area (Å²) in [5.74, 6) is -0.469. The minimum absolute atomic E-state index is 0.244. The maximum atomic E-state index is 11.6. The van der Waals surface area contributed by atoms with Gasteiger partial charge >= 0.3 is 12.1 Å². The number of hydrogen-bond donors (Lipinski definition) is 1. The van der Waals surface area contributed by atoms with Crippen molar-refractivity contribution in [1.29, 1.82) is 0 Å². The van der Waals surface area contributed by atoms with Crippen LogP contribution in [0.3, 0.4) is 0 Å². The van der Waals surface area contributed by atoms with Gasteiger partial charge in [-0.25, -0.2) is 9.59 Å². The number of hydrogen-bond acceptors (Lipinski definition) is 4. The highest BCUT2D eigenvalue weighted by atomic mass is 35.5. The number of alkyl carbamates (subject to hydrolysis) is 1. The summed E-state index contributed by atoms with van der Waals surface area (Å²) in [6.45, 7) is 0.700. The first-order chi connectivity index (χ1) is 12.6. The molecule has 0 aliphatic carbocycles. The van der Waals surface area contributed by atoms with E-state index in [0.29, 0.717) is 23.6 Å². The lowest BCUT2D eigenvalue weighted by molar-refractivity contribution is 0.0601. The van der Waals surface area contributed by atoms with E-state index in [4.69, 9.17) is 16.3 Å². The van der Waals surface area contributed by atoms with E-state index in [1.54, 1.807) is 18.2 Å². The fraction of sp³-hybridized carbons (Fsp3) is 0.200. The molecule has 0 radical (unpaired) electrons. The van der Waals surface area contributed by atoms with Crippen LogP contribution in [0, 0.1) is 0 Å². The highest BCUT2D eigenvalue weighted by molar-refractivity contribution is 6.33. The van der Waals surface area contributed by atoms with Crippen LogP contribution in [0.15, 0.2) is 54.6 Å². The molecular weight excluding hydrogens is 354 g/mol. The molecule has 0 heterocycles. The predicted octanol–water partition coefficient (Wildman–Crippen LogP) is 4.46. The Morgan fingerprint density at radius 1 is 1.15 bits per heavy atom. The van der Waals surface area contributed by atoms with Crippen LogP contribution in [-0.2, 0) is 16.1 Å². The number of carbonyl (C=O) groups is 2. The van der Waals surface area contributed by atoms with Crippen molar-refractivity contribution in [3.05, 3.63) is 76.3 Å². The average molecular weight is 374 g/mol. The zero-order valence-electron chi connectivity index (χ0n) is 14.4. The summed E-state index contributed by atoms with van der Waals surface area (Å²) in [5, 5.41) is 3.02. The van der Waals surface area contributed by atoms with Gasteiger partial charge in [0.05, 0.1) is 17.7 Å². The van der Waals surface area contributed by atoms with Crippen LogP contribution in [-0.4, -0.2) is 25.7 Å². The highest BCUT2D eigenvalue weighted by Crippen LogP contribution is 2.19. The highest BCUT2D eigenvalue weighted by Gasteiger charge is 2.09. The molecule has 2 aromatic rings. The number of amides is 1. The summed E-state index contributed by atoms with van der Waals surface area (Å²) >= 11 is 6.06.